The fourth-order valence-electron chi connectivity index (χ4n) is 1.61. The van der Waals surface area contributed by atoms with Crippen LogP contribution >= 0.6 is 22.6 Å². The summed E-state index contributed by atoms with van der Waals surface area (Å²) >= 11 is 1.98. The van der Waals surface area contributed by atoms with Crippen LogP contribution in [0.5, 0.6) is 0 Å². The van der Waals surface area contributed by atoms with Crippen LogP contribution in [0.1, 0.15) is 0 Å². The third-order valence-corrected chi connectivity index (χ3v) is 4.98. The van der Waals surface area contributed by atoms with Gasteiger partial charge in [-0.1, -0.05) is 12.1 Å². The van der Waals surface area contributed by atoms with E-state index in [1.54, 1.807) is 24.3 Å². The highest BCUT2D eigenvalue weighted by atomic mass is 127. The largest absolute Gasteiger partial charge is 0.398 e. The second-order valence-electron chi connectivity index (χ2n) is 4.06. The lowest BCUT2D eigenvalue weighted by Crippen LogP contribution is -2.15. The van der Waals surface area contributed by atoms with Crippen LogP contribution in [0.25, 0.3) is 0 Å². The molecule has 0 aliphatic heterocycles. The minimum absolute atomic E-state index is 0.0564. The summed E-state index contributed by atoms with van der Waals surface area (Å²) in [5.41, 5.74) is 5.61. The van der Waals surface area contributed by atoms with Gasteiger partial charge in [-0.25, -0.2) is 8.42 Å². The number of para-hydroxylation sites is 1. The number of nitro benzene ring substituents is 1. The molecule has 0 aliphatic rings. The van der Waals surface area contributed by atoms with E-state index in [4.69, 9.17) is 5.73 Å². The van der Waals surface area contributed by atoms with Gasteiger partial charge in [-0.15, -0.1) is 0 Å². The molecule has 0 aromatic heterocycles. The van der Waals surface area contributed by atoms with Crippen LogP contribution in [-0.2, 0) is 10.0 Å². The molecule has 2 aromatic carbocycles. The number of nitro groups is 1. The first-order chi connectivity index (χ1) is 9.81. The van der Waals surface area contributed by atoms with Crippen LogP contribution in [0.4, 0.5) is 17.1 Å². The lowest BCUT2D eigenvalue weighted by molar-refractivity contribution is -0.385. The number of sulfonamides is 1. The lowest BCUT2D eigenvalue weighted by Gasteiger charge is -2.11. The Morgan fingerprint density at radius 1 is 1.19 bits per heavy atom. The molecule has 0 aliphatic carbocycles. The summed E-state index contributed by atoms with van der Waals surface area (Å²) in [4.78, 5) is 9.75. The number of nitrogens with zero attached hydrogens (tertiary/aromatic N) is 1. The standard InChI is InChI=1S/C12H10IN3O4S/c13-9-3-1-2-4-11(9)15-21(19,20)12-7-8(16(17)18)5-6-10(12)14/h1-7,15H,14H2. The van der Waals surface area contributed by atoms with Crippen molar-refractivity contribution >= 4 is 49.7 Å². The third kappa shape index (κ3) is 3.42. The van der Waals surface area contributed by atoms with Gasteiger partial charge in [-0.2, -0.15) is 0 Å². The predicted octanol–water partition coefficient (Wildman–Crippen LogP) is 2.58. The number of rotatable bonds is 4. The van der Waals surface area contributed by atoms with Crippen molar-refractivity contribution < 1.29 is 13.3 Å². The van der Waals surface area contributed by atoms with Crippen molar-refractivity contribution in [2.75, 3.05) is 10.5 Å². The average Bonchev–Trinajstić information content (AvgIpc) is 2.41. The highest BCUT2D eigenvalue weighted by Gasteiger charge is 2.21. The van der Waals surface area contributed by atoms with E-state index in [0.29, 0.717) is 9.26 Å². The summed E-state index contributed by atoms with van der Waals surface area (Å²) in [5.74, 6) is 0. The summed E-state index contributed by atoms with van der Waals surface area (Å²) in [6.45, 7) is 0. The molecule has 0 heterocycles. The maximum atomic E-state index is 12.3. The molecule has 2 rings (SSSR count). The SMILES string of the molecule is Nc1ccc([N+](=O)[O-])cc1S(=O)(=O)Nc1ccccc1I. The van der Waals surface area contributed by atoms with Crippen molar-refractivity contribution in [3.05, 3.63) is 56.1 Å². The molecule has 0 atom stereocenters. The van der Waals surface area contributed by atoms with Crippen LogP contribution in [0, 0.1) is 13.7 Å². The quantitative estimate of drug-likeness (QED) is 0.342. The van der Waals surface area contributed by atoms with E-state index in [9.17, 15) is 18.5 Å². The van der Waals surface area contributed by atoms with Gasteiger partial charge in [0.1, 0.15) is 4.90 Å². The van der Waals surface area contributed by atoms with E-state index < -0.39 is 14.9 Å². The van der Waals surface area contributed by atoms with Gasteiger partial charge in [-0.05, 0) is 40.8 Å². The second kappa shape index (κ2) is 5.85. The Hall–Kier alpha value is -1.88. The highest BCUT2D eigenvalue weighted by Crippen LogP contribution is 2.27. The predicted molar refractivity (Wildman–Crippen MR) is 87.5 cm³/mol. The van der Waals surface area contributed by atoms with Gasteiger partial charge in [-0.3, -0.25) is 14.8 Å². The molecule has 21 heavy (non-hydrogen) atoms. The van der Waals surface area contributed by atoms with Gasteiger partial charge < -0.3 is 5.73 Å². The molecule has 0 fully saturated rings. The van der Waals surface area contributed by atoms with Gasteiger partial charge >= 0.3 is 0 Å². The Morgan fingerprint density at radius 3 is 2.48 bits per heavy atom. The molecule has 7 nitrogen and oxygen atoms in total. The summed E-state index contributed by atoms with van der Waals surface area (Å²) < 4.78 is 27.7. The fourth-order valence-corrected chi connectivity index (χ4v) is 3.55. The van der Waals surface area contributed by atoms with Crippen molar-refractivity contribution in [2.24, 2.45) is 0 Å². The molecule has 0 unspecified atom stereocenters. The summed E-state index contributed by atoms with van der Waals surface area (Å²) in [6.07, 6.45) is 0. The molecule has 0 amide bonds. The normalized spacial score (nSPS) is 11.1. The number of nitrogens with one attached hydrogen (secondary N) is 1. The zero-order valence-electron chi connectivity index (χ0n) is 10.5. The molecule has 3 N–H and O–H groups in total. The lowest BCUT2D eigenvalue weighted by atomic mass is 10.3. The molecule has 110 valence electrons. The van der Waals surface area contributed by atoms with E-state index in [1.165, 1.54) is 6.07 Å². The van der Waals surface area contributed by atoms with Gasteiger partial charge in [0.05, 0.1) is 16.3 Å². The number of hydrogen-bond donors (Lipinski definition) is 2. The van der Waals surface area contributed by atoms with Gasteiger partial charge in [0.2, 0.25) is 0 Å². The van der Waals surface area contributed by atoms with E-state index >= 15 is 0 Å². The van der Waals surface area contributed by atoms with Crippen molar-refractivity contribution in [3.8, 4) is 0 Å². The minimum Gasteiger partial charge on any atom is -0.398 e. The Bertz CT molecular complexity index is 808. The number of halogens is 1. The Balaban J connectivity index is 2.47. The number of nitrogen functional groups attached to an aromatic ring is 1. The highest BCUT2D eigenvalue weighted by molar-refractivity contribution is 14.1. The number of hydrogen-bond acceptors (Lipinski definition) is 5. The van der Waals surface area contributed by atoms with Crippen molar-refractivity contribution in [1.82, 2.24) is 0 Å². The molecule has 2 aromatic rings. The van der Waals surface area contributed by atoms with Crippen LogP contribution in [0.15, 0.2) is 47.4 Å². The first kappa shape index (κ1) is 15.5. The third-order valence-electron chi connectivity index (χ3n) is 2.62. The summed E-state index contributed by atoms with van der Waals surface area (Å²) in [7, 11) is -4.01. The van der Waals surface area contributed by atoms with Crippen LogP contribution < -0.4 is 10.5 Å². The zero-order chi connectivity index (χ0) is 15.6. The molecule has 0 radical (unpaired) electrons. The van der Waals surface area contributed by atoms with Crippen LogP contribution in [0.3, 0.4) is 0 Å². The first-order valence-electron chi connectivity index (χ1n) is 5.62. The Labute approximate surface area is 134 Å². The van der Waals surface area contributed by atoms with E-state index in [0.717, 1.165) is 12.1 Å². The van der Waals surface area contributed by atoms with E-state index in [1.807, 2.05) is 22.6 Å². The molecule has 0 bridgehead atoms. The molecular weight excluding hydrogens is 409 g/mol. The van der Waals surface area contributed by atoms with E-state index in [2.05, 4.69) is 4.72 Å². The number of nitrogens with two attached hydrogens (primary N) is 1. The van der Waals surface area contributed by atoms with Gasteiger partial charge in [0.15, 0.2) is 0 Å². The second-order valence-corrected chi connectivity index (χ2v) is 6.88. The topological polar surface area (TPSA) is 115 Å². The number of benzene rings is 2. The monoisotopic (exact) mass is 419 g/mol. The number of anilines is 2. The molecular formula is C12H10IN3O4S. The Kier molecular flexibility index (Phi) is 4.32. The first-order valence-corrected chi connectivity index (χ1v) is 8.19. The summed E-state index contributed by atoms with van der Waals surface area (Å²) in [6, 6.07) is 10.1. The van der Waals surface area contributed by atoms with Gasteiger partial charge in [0.25, 0.3) is 15.7 Å². The molecule has 9 heteroatoms. The maximum Gasteiger partial charge on any atom is 0.270 e. The minimum atomic E-state index is -4.01. The van der Waals surface area contributed by atoms with Crippen molar-refractivity contribution in [3.63, 3.8) is 0 Å². The van der Waals surface area contributed by atoms with Crippen molar-refractivity contribution in [1.29, 1.82) is 0 Å². The smallest absolute Gasteiger partial charge is 0.270 e. The van der Waals surface area contributed by atoms with Gasteiger partial charge in [0, 0.05) is 15.7 Å². The fraction of sp³-hybridized carbons (Fsp3) is 0. The van der Waals surface area contributed by atoms with Crippen molar-refractivity contribution in [2.45, 2.75) is 4.90 Å². The van der Waals surface area contributed by atoms with Crippen LogP contribution in [0.2, 0.25) is 0 Å². The zero-order valence-corrected chi connectivity index (χ0v) is 13.5. The Morgan fingerprint density at radius 2 is 1.86 bits per heavy atom. The maximum absolute atomic E-state index is 12.3. The molecule has 0 spiro atoms. The average molecular weight is 419 g/mol. The molecule has 0 saturated carbocycles. The molecule has 0 saturated heterocycles. The van der Waals surface area contributed by atoms with Crippen LogP contribution in [-0.4, -0.2) is 13.3 Å². The summed E-state index contributed by atoms with van der Waals surface area (Å²) in [5, 5.41) is 10.8. The number of non-ortho nitro benzene ring substituents is 1. The van der Waals surface area contributed by atoms with E-state index in [-0.39, 0.29) is 16.3 Å².